The van der Waals surface area contributed by atoms with Gasteiger partial charge in [0.25, 0.3) is 0 Å². The summed E-state index contributed by atoms with van der Waals surface area (Å²) in [6, 6.07) is 11.6. The van der Waals surface area contributed by atoms with Crippen LogP contribution in [0.5, 0.6) is 5.75 Å². The minimum absolute atomic E-state index is 0.263. The molecule has 0 radical (unpaired) electrons. The summed E-state index contributed by atoms with van der Waals surface area (Å²) >= 11 is 0. The van der Waals surface area contributed by atoms with Crippen LogP contribution in [-0.4, -0.2) is 33.7 Å². The van der Waals surface area contributed by atoms with E-state index in [1.165, 1.54) is 4.31 Å². The standard InChI is InChI=1S/C24H34N2O4S/c1-8-22(26(31(7,28)29)19-12-10-9-11-13-19)24(27)25-18(5)21-15-20(16(2)3)23(30-6)14-17(21)4/h9-16,18,22H,8H2,1-7H3,(H,25,27)/t18-,22-/m0/s1. The fraction of sp³-hybridized carbons (Fsp3) is 0.458. The van der Waals surface area contributed by atoms with Crippen LogP contribution in [0.1, 0.15) is 62.8 Å². The Hall–Kier alpha value is -2.54. The Morgan fingerprint density at radius 3 is 2.19 bits per heavy atom. The van der Waals surface area contributed by atoms with Crippen LogP contribution in [0.4, 0.5) is 5.69 Å². The molecule has 0 aliphatic heterocycles. The number of ether oxygens (including phenoxy) is 1. The Balaban J connectivity index is 2.37. The van der Waals surface area contributed by atoms with E-state index in [0.717, 1.165) is 28.7 Å². The molecule has 0 spiro atoms. The topological polar surface area (TPSA) is 75.7 Å². The molecule has 0 bridgehead atoms. The summed E-state index contributed by atoms with van der Waals surface area (Å²) in [5, 5.41) is 3.03. The van der Waals surface area contributed by atoms with Crippen LogP contribution < -0.4 is 14.4 Å². The molecule has 31 heavy (non-hydrogen) atoms. The van der Waals surface area contributed by atoms with E-state index in [9.17, 15) is 13.2 Å². The van der Waals surface area contributed by atoms with Gasteiger partial charge in [-0.15, -0.1) is 0 Å². The Kier molecular flexibility index (Phi) is 8.12. The van der Waals surface area contributed by atoms with Gasteiger partial charge >= 0.3 is 0 Å². The lowest BCUT2D eigenvalue weighted by Crippen LogP contribution is -2.49. The fourth-order valence-electron chi connectivity index (χ4n) is 3.83. The van der Waals surface area contributed by atoms with Crippen LogP contribution in [-0.2, 0) is 14.8 Å². The van der Waals surface area contributed by atoms with Gasteiger partial charge in [-0.1, -0.05) is 39.0 Å². The summed E-state index contributed by atoms with van der Waals surface area (Å²) in [5.74, 6) is 0.763. The predicted octanol–water partition coefficient (Wildman–Crippen LogP) is 4.55. The zero-order valence-corrected chi connectivity index (χ0v) is 20.3. The zero-order valence-electron chi connectivity index (χ0n) is 19.5. The number of amides is 1. The van der Waals surface area contributed by atoms with E-state index in [-0.39, 0.29) is 17.9 Å². The maximum absolute atomic E-state index is 13.2. The van der Waals surface area contributed by atoms with Crippen molar-refractivity contribution in [2.24, 2.45) is 0 Å². The number of hydrogen-bond acceptors (Lipinski definition) is 4. The lowest BCUT2D eigenvalue weighted by molar-refractivity contribution is -0.122. The van der Waals surface area contributed by atoms with Crippen molar-refractivity contribution in [2.45, 2.75) is 59.0 Å². The number of anilines is 1. The minimum atomic E-state index is -3.65. The monoisotopic (exact) mass is 446 g/mol. The van der Waals surface area contributed by atoms with Gasteiger partial charge < -0.3 is 10.1 Å². The molecule has 170 valence electrons. The molecule has 6 nitrogen and oxygen atoms in total. The van der Waals surface area contributed by atoms with E-state index >= 15 is 0 Å². The van der Waals surface area contributed by atoms with Gasteiger partial charge in [0.15, 0.2) is 0 Å². The molecule has 2 aromatic rings. The Labute approximate surface area is 186 Å². The fourth-order valence-corrected chi connectivity index (χ4v) is 5.04. The van der Waals surface area contributed by atoms with Gasteiger partial charge in [0.2, 0.25) is 15.9 Å². The van der Waals surface area contributed by atoms with Crippen LogP contribution >= 0.6 is 0 Å². The number of nitrogens with one attached hydrogen (secondary N) is 1. The third-order valence-corrected chi connectivity index (χ3v) is 6.59. The van der Waals surface area contributed by atoms with Gasteiger partial charge in [-0.3, -0.25) is 9.10 Å². The first-order valence-electron chi connectivity index (χ1n) is 10.5. The third kappa shape index (κ3) is 5.79. The van der Waals surface area contributed by atoms with Crippen molar-refractivity contribution in [3.05, 3.63) is 59.2 Å². The number of carbonyl (C=O) groups is 1. The molecule has 0 heterocycles. The number of rotatable bonds is 9. The highest BCUT2D eigenvalue weighted by molar-refractivity contribution is 7.92. The average Bonchev–Trinajstić information content (AvgIpc) is 2.70. The van der Waals surface area contributed by atoms with E-state index in [1.54, 1.807) is 31.4 Å². The molecule has 0 fully saturated rings. The number of methoxy groups -OCH3 is 1. The summed E-state index contributed by atoms with van der Waals surface area (Å²) in [4.78, 5) is 13.2. The van der Waals surface area contributed by atoms with Gasteiger partial charge in [0, 0.05) is 0 Å². The molecular formula is C24H34N2O4S. The molecule has 1 N–H and O–H groups in total. The van der Waals surface area contributed by atoms with E-state index < -0.39 is 16.1 Å². The van der Waals surface area contributed by atoms with Crippen LogP contribution in [0.3, 0.4) is 0 Å². The molecule has 2 atom stereocenters. The van der Waals surface area contributed by atoms with Crippen molar-refractivity contribution in [1.82, 2.24) is 5.32 Å². The normalized spacial score (nSPS) is 13.5. The van der Waals surface area contributed by atoms with Gasteiger partial charge in [-0.25, -0.2) is 8.42 Å². The maximum Gasteiger partial charge on any atom is 0.244 e. The second-order valence-electron chi connectivity index (χ2n) is 8.15. The van der Waals surface area contributed by atoms with Gasteiger partial charge in [-0.2, -0.15) is 0 Å². The van der Waals surface area contributed by atoms with Crippen molar-refractivity contribution < 1.29 is 17.9 Å². The number of aryl methyl sites for hydroxylation is 1. The predicted molar refractivity (Wildman–Crippen MR) is 126 cm³/mol. The highest BCUT2D eigenvalue weighted by Gasteiger charge is 2.32. The number of para-hydroxylation sites is 1. The van der Waals surface area contributed by atoms with Crippen molar-refractivity contribution in [2.75, 3.05) is 17.7 Å². The van der Waals surface area contributed by atoms with Crippen LogP contribution in [0.2, 0.25) is 0 Å². The van der Waals surface area contributed by atoms with Crippen LogP contribution in [0, 0.1) is 6.92 Å². The summed E-state index contributed by atoms with van der Waals surface area (Å²) in [5.41, 5.74) is 3.53. The Morgan fingerprint density at radius 2 is 1.71 bits per heavy atom. The SMILES string of the molecule is CC[C@@H](C(=O)N[C@@H](C)c1cc(C(C)C)c(OC)cc1C)N(c1ccccc1)S(C)(=O)=O. The first kappa shape index (κ1) is 24.7. The molecule has 0 aliphatic carbocycles. The molecule has 0 aliphatic rings. The Morgan fingerprint density at radius 1 is 1.10 bits per heavy atom. The molecule has 7 heteroatoms. The summed E-state index contributed by atoms with van der Waals surface area (Å²) in [6.07, 6.45) is 1.47. The van der Waals surface area contributed by atoms with Crippen molar-refractivity contribution >= 4 is 21.6 Å². The summed E-state index contributed by atoms with van der Waals surface area (Å²) in [6.45, 7) is 9.89. The van der Waals surface area contributed by atoms with Crippen molar-refractivity contribution in [3.63, 3.8) is 0 Å². The quantitative estimate of drug-likeness (QED) is 0.613. The molecule has 0 saturated heterocycles. The first-order valence-corrected chi connectivity index (χ1v) is 12.4. The largest absolute Gasteiger partial charge is 0.496 e. The van der Waals surface area contributed by atoms with Gasteiger partial charge in [-0.05, 0) is 67.1 Å². The number of benzene rings is 2. The molecule has 2 aromatic carbocycles. The lowest BCUT2D eigenvalue weighted by Gasteiger charge is -2.31. The maximum atomic E-state index is 13.2. The van der Waals surface area contributed by atoms with Crippen LogP contribution in [0.15, 0.2) is 42.5 Å². The average molecular weight is 447 g/mol. The number of nitrogens with zero attached hydrogens (tertiary/aromatic N) is 1. The second kappa shape index (κ2) is 10.2. The zero-order chi connectivity index (χ0) is 23.3. The second-order valence-corrected chi connectivity index (χ2v) is 10.0. The molecule has 0 unspecified atom stereocenters. The van der Waals surface area contributed by atoms with Gasteiger partial charge in [0.1, 0.15) is 11.8 Å². The molecule has 0 saturated carbocycles. The summed E-state index contributed by atoms with van der Waals surface area (Å²) in [7, 11) is -2.00. The molecule has 0 aromatic heterocycles. The molecule has 2 rings (SSSR count). The van der Waals surface area contributed by atoms with E-state index in [0.29, 0.717) is 12.1 Å². The van der Waals surface area contributed by atoms with Crippen LogP contribution in [0.25, 0.3) is 0 Å². The molecular weight excluding hydrogens is 412 g/mol. The number of hydrogen-bond donors (Lipinski definition) is 1. The highest BCUT2D eigenvalue weighted by atomic mass is 32.2. The van der Waals surface area contributed by atoms with E-state index in [1.807, 2.05) is 32.9 Å². The smallest absolute Gasteiger partial charge is 0.244 e. The third-order valence-electron chi connectivity index (χ3n) is 5.41. The van der Waals surface area contributed by atoms with E-state index in [4.69, 9.17) is 4.74 Å². The van der Waals surface area contributed by atoms with Gasteiger partial charge in [0.05, 0.1) is 25.1 Å². The van der Waals surface area contributed by atoms with E-state index in [2.05, 4.69) is 25.2 Å². The summed E-state index contributed by atoms with van der Waals surface area (Å²) < 4.78 is 31.9. The molecule has 1 amide bonds. The number of sulfonamides is 1. The Bertz CT molecular complexity index is 1000. The number of carbonyl (C=O) groups excluding carboxylic acids is 1. The minimum Gasteiger partial charge on any atom is -0.496 e. The van der Waals surface area contributed by atoms with Crippen molar-refractivity contribution in [1.29, 1.82) is 0 Å². The first-order chi connectivity index (χ1) is 14.5. The van der Waals surface area contributed by atoms with Crippen molar-refractivity contribution in [3.8, 4) is 5.75 Å². The lowest BCUT2D eigenvalue weighted by atomic mass is 9.93. The highest BCUT2D eigenvalue weighted by Crippen LogP contribution is 2.32.